The number of nitrogens with two attached hydrogens (primary N) is 2. The molecule has 0 saturated heterocycles. The Kier molecular flexibility index (Phi) is 3.58. The van der Waals surface area contributed by atoms with Crippen LogP contribution in [0.2, 0.25) is 0 Å². The molecule has 1 aromatic heterocycles. The van der Waals surface area contributed by atoms with Gasteiger partial charge in [0.05, 0.1) is 10.9 Å². The van der Waals surface area contributed by atoms with Gasteiger partial charge in [-0.15, -0.1) is 11.3 Å². The second-order valence-electron chi connectivity index (χ2n) is 2.90. The van der Waals surface area contributed by atoms with Gasteiger partial charge in [0.25, 0.3) is 0 Å². The molecule has 0 fully saturated rings. The summed E-state index contributed by atoms with van der Waals surface area (Å²) in [5, 5.41) is 2.59. The highest BCUT2D eigenvalue weighted by molar-refractivity contribution is 7.09. The highest BCUT2D eigenvalue weighted by atomic mass is 32.1. The van der Waals surface area contributed by atoms with Gasteiger partial charge >= 0.3 is 0 Å². The largest absolute Gasteiger partial charge is 0.370 e. The van der Waals surface area contributed by atoms with E-state index in [1.54, 1.807) is 11.6 Å². The molecule has 0 bridgehead atoms. The molecule has 2 amide bonds. The molecule has 0 aromatic carbocycles. The molecule has 0 aliphatic rings. The third kappa shape index (κ3) is 3.14. The molecule has 1 heterocycles. The van der Waals surface area contributed by atoms with Crippen LogP contribution in [0.3, 0.4) is 0 Å². The Bertz CT molecular complexity index is 323. The summed E-state index contributed by atoms with van der Waals surface area (Å²) in [5.74, 6) is -1.58. The highest BCUT2D eigenvalue weighted by Crippen LogP contribution is 2.13. The first-order chi connectivity index (χ1) is 6.59. The summed E-state index contributed by atoms with van der Waals surface area (Å²) >= 11 is 1.42. The first-order valence-corrected chi connectivity index (χ1v) is 4.93. The van der Waals surface area contributed by atoms with E-state index in [1.807, 2.05) is 0 Å². The summed E-state index contributed by atoms with van der Waals surface area (Å²) in [5.41, 5.74) is 10.1. The molecule has 5 nitrogen and oxygen atoms in total. The van der Waals surface area contributed by atoms with Crippen LogP contribution in [0.5, 0.6) is 0 Å². The topological polar surface area (TPSA) is 99.1 Å². The molecule has 1 aromatic rings. The summed E-state index contributed by atoms with van der Waals surface area (Å²) < 4.78 is 0. The summed E-state index contributed by atoms with van der Waals surface area (Å²) in [6.45, 7) is 0. The molecular formula is C8H11N3O2S. The zero-order valence-corrected chi connectivity index (χ0v) is 8.29. The number of carbonyl (C=O) groups is 2. The van der Waals surface area contributed by atoms with Crippen molar-refractivity contribution in [1.29, 1.82) is 0 Å². The fourth-order valence-corrected chi connectivity index (χ4v) is 1.78. The zero-order chi connectivity index (χ0) is 10.6. The fraction of sp³-hybridized carbons (Fsp3) is 0.375. The minimum Gasteiger partial charge on any atom is -0.370 e. The molecule has 0 spiro atoms. The minimum absolute atomic E-state index is 0.0189. The average Bonchev–Trinajstić information content (AvgIpc) is 2.54. The molecule has 0 radical (unpaired) electrons. The van der Waals surface area contributed by atoms with Crippen molar-refractivity contribution in [3.8, 4) is 0 Å². The zero-order valence-electron chi connectivity index (χ0n) is 7.47. The average molecular weight is 213 g/mol. The Morgan fingerprint density at radius 1 is 1.50 bits per heavy atom. The van der Waals surface area contributed by atoms with Crippen molar-refractivity contribution in [2.24, 2.45) is 17.4 Å². The van der Waals surface area contributed by atoms with Crippen LogP contribution in [0.25, 0.3) is 0 Å². The van der Waals surface area contributed by atoms with Crippen LogP contribution in [0, 0.1) is 5.92 Å². The number of hydrogen-bond donors (Lipinski definition) is 2. The van der Waals surface area contributed by atoms with Gasteiger partial charge in [0.1, 0.15) is 0 Å². The molecular weight excluding hydrogens is 202 g/mol. The van der Waals surface area contributed by atoms with Crippen molar-refractivity contribution in [2.45, 2.75) is 12.8 Å². The predicted molar refractivity (Wildman–Crippen MR) is 52.3 cm³/mol. The van der Waals surface area contributed by atoms with Gasteiger partial charge in [-0.2, -0.15) is 0 Å². The van der Waals surface area contributed by atoms with Gasteiger partial charge in [-0.1, -0.05) is 0 Å². The van der Waals surface area contributed by atoms with Crippen molar-refractivity contribution in [3.05, 3.63) is 16.6 Å². The molecule has 0 saturated carbocycles. The second kappa shape index (κ2) is 4.71. The fourth-order valence-electron chi connectivity index (χ4n) is 1.08. The molecule has 76 valence electrons. The van der Waals surface area contributed by atoms with E-state index < -0.39 is 17.7 Å². The van der Waals surface area contributed by atoms with E-state index in [-0.39, 0.29) is 6.42 Å². The third-order valence-corrected chi connectivity index (χ3v) is 2.56. The second-order valence-corrected chi connectivity index (χ2v) is 3.88. The van der Waals surface area contributed by atoms with Crippen molar-refractivity contribution in [1.82, 2.24) is 4.98 Å². The number of amides is 2. The quantitative estimate of drug-likeness (QED) is 0.700. The number of thiazole rings is 1. The number of nitrogens with zero attached hydrogens (tertiary/aromatic N) is 1. The molecule has 0 aliphatic heterocycles. The third-order valence-electron chi connectivity index (χ3n) is 1.75. The molecule has 14 heavy (non-hydrogen) atoms. The minimum atomic E-state index is -0.543. The van der Waals surface area contributed by atoms with Crippen molar-refractivity contribution in [2.75, 3.05) is 0 Å². The number of aromatic nitrogens is 1. The normalized spacial score (nSPS) is 12.3. The first kappa shape index (κ1) is 10.6. The van der Waals surface area contributed by atoms with Crippen molar-refractivity contribution < 1.29 is 9.59 Å². The van der Waals surface area contributed by atoms with E-state index in [2.05, 4.69) is 4.98 Å². The smallest absolute Gasteiger partial charge is 0.221 e. The van der Waals surface area contributed by atoms with Gasteiger partial charge in [-0.3, -0.25) is 9.59 Å². The lowest BCUT2D eigenvalue weighted by atomic mass is 10.0. The van der Waals surface area contributed by atoms with E-state index in [1.165, 1.54) is 11.3 Å². The van der Waals surface area contributed by atoms with Crippen LogP contribution in [-0.4, -0.2) is 16.8 Å². The maximum Gasteiger partial charge on any atom is 0.221 e. The van der Waals surface area contributed by atoms with Gasteiger partial charge in [0.15, 0.2) is 0 Å². The van der Waals surface area contributed by atoms with E-state index in [9.17, 15) is 9.59 Å². The van der Waals surface area contributed by atoms with E-state index in [0.717, 1.165) is 5.01 Å². The lowest BCUT2D eigenvalue weighted by molar-refractivity contribution is -0.126. The van der Waals surface area contributed by atoms with E-state index in [4.69, 9.17) is 11.5 Å². The lowest BCUT2D eigenvalue weighted by Crippen LogP contribution is -2.29. The summed E-state index contributed by atoms with van der Waals surface area (Å²) in [6, 6.07) is 0. The predicted octanol–water partition coefficient (Wildman–Crippen LogP) is -0.338. The maximum atomic E-state index is 11.0. The van der Waals surface area contributed by atoms with Gasteiger partial charge in [0.2, 0.25) is 11.8 Å². The summed E-state index contributed by atoms with van der Waals surface area (Å²) in [4.78, 5) is 25.6. The summed E-state index contributed by atoms with van der Waals surface area (Å²) in [7, 11) is 0. The monoisotopic (exact) mass is 213 g/mol. The van der Waals surface area contributed by atoms with Gasteiger partial charge in [0, 0.05) is 24.4 Å². The standard InChI is InChI=1S/C8H11N3O2S/c9-6(12)3-5(8(10)13)4-7-11-1-2-14-7/h1-2,5H,3-4H2,(H2,9,12)(H2,10,13). The molecule has 1 atom stereocenters. The van der Waals surface area contributed by atoms with Gasteiger partial charge < -0.3 is 11.5 Å². The first-order valence-electron chi connectivity index (χ1n) is 4.05. The number of primary amides is 2. The van der Waals surface area contributed by atoms with Gasteiger partial charge in [-0.25, -0.2) is 4.98 Å². The number of hydrogen-bond acceptors (Lipinski definition) is 4. The highest BCUT2D eigenvalue weighted by Gasteiger charge is 2.19. The van der Waals surface area contributed by atoms with E-state index in [0.29, 0.717) is 6.42 Å². The Hall–Kier alpha value is -1.43. The van der Waals surface area contributed by atoms with Crippen molar-refractivity contribution in [3.63, 3.8) is 0 Å². The maximum absolute atomic E-state index is 11.0. The molecule has 1 rings (SSSR count). The molecule has 0 aliphatic carbocycles. The Labute approximate surface area is 85.1 Å². The number of carbonyl (C=O) groups excluding carboxylic acids is 2. The van der Waals surface area contributed by atoms with E-state index >= 15 is 0 Å². The van der Waals surface area contributed by atoms with Crippen LogP contribution in [0.15, 0.2) is 11.6 Å². The Morgan fingerprint density at radius 3 is 2.64 bits per heavy atom. The molecule has 4 N–H and O–H groups in total. The van der Waals surface area contributed by atoms with Crippen molar-refractivity contribution >= 4 is 23.2 Å². The summed E-state index contributed by atoms with van der Waals surface area (Å²) in [6.07, 6.45) is 2.01. The van der Waals surface area contributed by atoms with Crippen LogP contribution >= 0.6 is 11.3 Å². The van der Waals surface area contributed by atoms with Crippen LogP contribution < -0.4 is 11.5 Å². The van der Waals surface area contributed by atoms with Crippen LogP contribution in [0.4, 0.5) is 0 Å². The number of rotatable bonds is 5. The van der Waals surface area contributed by atoms with Crippen LogP contribution in [-0.2, 0) is 16.0 Å². The Balaban J connectivity index is 2.60. The van der Waals surface area contributed by atoms with Crippen LogP contribution in [0.1, 0.15) is 11.4 Å². The SMILES string of the molecule is NC(=O)CC(Cc1nccs1)C(N)=O. The molecule has 6 heteroatoms. The Morgan fingerprint density at radius 2 is 2.21 bits per heavy atom. The van der Waals surface area contributed by atoms with Gasteiger partial charge in [-0.05, 0) is 0 Å². The lowest BCUT2D eigenvalue weighted by Gasteiger charge is -2.08. The molecule has 1 unspecified atom stereocenters.